The molecule has 0 aromatic carbocycles. The number of carbonyl (C=O) groups excluding carboxylic acids is 3. The zero-order chi connectivity index (χ0) is 67.3. The lowest BCUT2D eigenvalue weighted by Crippen LogP contribution is -2.65. The van der Waals surface area contributed by atoms with E-state index in [0.29, 0.717) is 32.2 Å². The largest absolute Gasteiger partial charge is 0.501 e. The number of aliphatic hydroxyl groups excluding tert-OH is 6. The average molecular weight is 1320 g/mol. The van der Waals surface area contributed by atoms with Crippen LogP contribution >= 0.6 is 0 Å². The Bertz CT molecular complexity index is 1480. The maximum Gasteiger partial charge on any atom is 0.501 e. The van der Waals surface area contributed by atoms with E-state index in [4.69, 9.17) is 13.3 Å². The van der Waals surface area contributed by atoms with Gasteiger partial charge in [0, 0.05) is 31.7 Å². The highest BCUT2D eigenvalue weighted by Crippen LogP contribution is 2.28. The molecule has 0 aliphatic heterocycles. The van der Waals surface area contributed by atoms with Crippen LogP contribution in [0.25, 0.3) is 0 Å². The number of hydrogen-bond donors (Lipinski definition) is 9. The number of amides is 3. The van der Waals surface area contributed by atoms with Gasteiger partial charge >= 0.3 is 8.80 Å². The lowest BCUT2D eigenvalue weighted by atomic mass is 10.0. The van der Waals surface area contributed by atoms with Gasteiger partial charge in [0.15, 0.2) is 0 Å². The van der Waals surface area contributed by atoms with Crippen molar-refractivity contribution in [2.75, 3.05) is 86.1 Å². The monoisotopic (exact) mass is 1320 g/mol. The van der Waals surface area contributed by atoms with E-state index in [2.05, 4.69) is 57.6 Å². The van der Waals surface area contributed by atoms with Crippen LogP contribution in [0.5, 0.6) is 0 Å². The minimum Gasteiger partial charge on any atom is -0.394 e. The van der Waals surface area contributed by atoms with Crippen molar-refractivity contribution < 1.29 is 62.8 Å². The van der Waals surface area contributed by atoms with Crippen molar-refractivity contribution in [2.24, 2.45) is 0 Å². The third-order valence-electron chi connectivity index (χ3n) is 19.0. The first-order valence-corrected chi connectivity index (χ1v) is 40.4. The quantitative estimate of drug-likeness (QED) is 0.0157. The molecule has 0 heterocycles. The molecule has 0 radical (unpaired) electrons. The fraction of sp³-hybridized carbons (Fsp3) is 0.959. The van der Waals surface area contributed by atoms with Crippen molar-refractivity contribution >= 4 is 26.5 Å². The van der Waals surface area contributed by atoms with Gasteiger partial charge in [-0.1, -0.05) is 279 Å². The van der Waals surface area contributed by atoms with Crippen molar-refractivity contribution in [3.63, 3.8) is 0 Å². The molecule has 0 bridgehead atoms. The molecule has 0 unspecified atom stereocenters. The minimum atomic E-state index is -4.38. The van der Waals surface area contributed by atoms with E-state index in [-0.39, 0.29) is 43.0 Å². The van der Waals surface area contributed by atoms with E-state index in [1.165, 1.54) is 186 Å². The SMILES string of the molecule is CCCCCCCCCCCCCC(=O)NC(CO)(CO)CO[Si](CCC[N+](C)(CCCCCCCC)CCCCCCCC)(OCC(CO)(CO)NC(=O)CCCCCCCCCCCCC)OCC(CO)(CO)NC(=O)CCCCCCCCCCCCC. The van der Waals surface area contributed by atoms with Crippen LogP contribution in [-0.4, -0.2) is 164 Å². The van der Waals surface area contributed by atoms with Gasteiger partial charge in [0.05, 0.1) is 86.1 Å². The molecule has 0 spiro atoms. The van der Waals surface area contributed by atoms with E-state index < -0.39 is 84.9 Å². The summed E-state index contributed by atoms with van der Waals surface area (Å²) in [5.41, 5.74) is -5.08. The summed E-state index contributed by atoms with van der Waals surface area (Å²) in [4.78, 5) is 41.4. The predicted octanol–water partition coefficient (Wildman–Crippen LogP) is 15.2. The second-order valence-electron chi connectivity index (χ2n) is 28.3. The Hall–Kier alpha value is -1.77. The lowest BCUT2D eigenvalue weighted by molar-refractivity contribution is -0.910. The standard InChI is InChI=1S/C74H150N4O12Si/c1-7-12-17-22-27-30-33-36-39-42-47-53-69(85)75-72(60-79,61-80)66-88-91(59-52-58-78(6,56-50-45-25-20-15-10-4)57-51-46-26-21-16-11-5,89-67-73(62-81,63-82)76-70(86)54-48-43-40-37-34-31-28-23-18-13-8-2)90-68-74(64-83,65-84)77-71(87)55-49-44-41-38-35-32-29-24-19-14-9-3/h79-84H,7-68H2,1-6H3,(H2-,75,76,77,85,86,87)/p+1. The van der Waals surface area contributed by atoms with Crippen molar-refractivity contribution in [1.29, 1.82) is 0 Å². The molecule has 542 valence electrons. The van der Waals surface area contributed by atoms with Crippen LogP contribution in [0.3, 0.4) is 0 Å². The minimum absolute atomic E-state index is 0.132. The summed E-state index contributed by atoms with van der Waals surface area (Å²) in [6.45, 7) is 8.23. The number of nitrogens with one attached hydrogen (secondary N) is 3. The zero-order valence-corrected chi connectivity index (χ0v) is 61.4. The molecule has 0 aliphatic rings. The van der Waals surface area contributed by atoms with Gasteiger partial charge in [-0.15, -0.1) is 0 Å². The molecular formula is C74H151N4O12Si+. The van der Waals surface area contributed by atoms with Crippen LogP contribution in [0.1, 0.15) is 349 Å². The summed E-state index contributed by atoms with van der Waals surface area (Å²) in [7, 11) is -2.08. The number of hydrogen-bond acceptors (Lipinski definition) is 12. The van der Waals surface area contributed by atoms with E-state index >= 15 is 0 Å². The summed E-state index contributed by atoms with van der Waals surface area (Å²) < 4.78 is 21.6. The second kappa shape index (κ2) is 60.6. The smallest absolute Gasteiger partial charge is 0.394 e. The third kappa shape index (κ3) is 47.7. The van der Waals surface area contributed by atoms with Gasteiger partial charge in [0.1, 0.15) is 16.6 Å². The highest BCUT2D eigenvalue weighted by atomic mass is 28.4. The summed E-state index contributed by atoms with van der Waals surface area (Å²) in [5, 5.41) is 75.6. The van der Waals surface area contributed by atoms with E-state index in [0.717, 1.165) is 101 Å². The number of carbonyl (C=O) groups is 3. The average Bonchev–Trinajstić information content (AvgIpc) is 1.84. The van der Waals surface area contributed by atoms with Gasteiger partial charge < -0.3 is 64.4 Å². The molecule has 3 amide bonds. The van der Waals surface area contributed by atoms with Crippen LogP contribution in [0.4, 0.5) is 0 Å². The van der Waals surface area contributed by atoms with Gasteiger partial charge in [-0.2, -0.15) is 0 Å². The van der Waals surface area contributed by atoms with Crippen LogP contribution in [0.2, 0.25) is 6.04 Å². The number of rotatable bonds is 72. The normalized spacial score (nSPS) is 12.5. The zero-order valence-electron chi connectivity index (χ0n) is 60.4. The molecular weight excluding hydrogens is 1160 g/mol. The van der Waals surface area contributed by atoms with Crippen LogP contribution in [0.15, 0.2) is 0 Å². The van der Waals surface area contributed by atoms with Crippen molar-refractivity contribution in [2.45, 2.75) is 372 Å². The second-order valence-corrected chi connectivity index (χ2v) is 31.0. The maximum atomic E-state index is 13.8. The summed E-state index contributed by atoms with van der Waals surface area (Å²) in [6.07, 6.45) is 52.2. The number of quaternary nitrogens is 1. The molecule has 9 N–H and O–H groups in total. The molecule has 0 aromatic rings. The number of aliphatic hydroxyl groups is 6. The topological polar surface area (TPSA) is 236 Å². The molecule has 16 nitrogen and oxygen atoms in total. The fourth-order valence-corrected chi connectivity index (χ4v) is 15.1. The molecule has 0 rings (SSSR count). The summed E-state index contributed by atoms with van der Waals surface area (Å²) in [6, 6.07) is 0.132. The lowest BCUT2D eigenvalue weighted by Gasteiger charge is -2.41. The molecule has 0 atom stereocenters. The summed E-state index contributed by atoms with van der Waals surface area (Å²) in [5.74, 6) is -1.06. The Balaban J connectivity index is 7.16. The first kappa shape index (κ1) is 89.2. The highest BCUT2D eigenvalue weighted by Gasteiger charge is 2.49. The Morgan fingerprint density at radius 2 is 0.484 bits per heavy atom. The Morgan fingerprint density at radius 1 is 0.297 bits per heavy atom. The first-order valence-electron chi connectivity index (χ1n) is 38.5. The molecule has 17 heteroatoms. The van der Waals surface area contributed by atoms with Crippen LogP contribution < -0.4 is 16.0 Å². The maximum absolute atomic E-state index is 13.8. The van der Waals surface area contributed by atoms with Gasteiger partial charge in [0.25, 0.3) is 0 Å². The van der Waals surface area contributed by atoms with Crippen molar-refractivity contribution in [3.05, 3.63) is 0 Å². The molecule has 0 aliphatic carbocycles. The van der Waals surface area contributed by atoms with E-state index in [1.54, 1.807) is 0 Å². The summed E-state index contributed by atoms with van der Waals surface area (Å²) >= 11 is 0. The van der Waals surface area contributed by atoms with E-state index in [1.807, 2.05) is 0 Å². The molecule has 0 saturated heterocycles. The predicted molar refractivity (Wildman–Crippen MR) is 379 cm³/mol. The number of unbranched alkanes of at least 4 members (excludes halogenated alkanes) is 40. The van der Waals surface area contributed by atoms with Crippen molar-refractivity contribution in [3.8, 4) is 0 Å². The van der Waals surface area contributed by atoms with Gasteiger partial charge in [-0.3, -0.25) is 14.4 Å². The Morgan fingerprint density at radius 3 is 0.692 bits per heavy atom. The first-order chi connectivity index (χ1) is 44.2. The Kier molecular flexibility index (Phi) is 59.4. The van der Waals surface area contributed by atoms with Gasteiger partial charge in [-0.05, 0) is 44.9 Å². The van der Waals surface area contributed by atoms with Crippen LogP contribution in [-0.2, 0) is 27.7 Å². The van der Waals surface area contributed by atoms with E-state index in [9.17, 15) is 45.0 Å². The molecule has 0 saturated carbocycles. The molecule has 0 fully saturated rings. The molecule has 0 aromatic heterocycles. The Labute approximate surface area is 560 Å². The van der Waals surface area contributed by atoms with Crippen molar-refractivity contribution in [1.82, 2.24) is 16.0 Å². The van der Waals surface area contributed by atoms with Gasteiger partial charge in [-0.25, -0.2) is 0 Å². The van der Waals surface area contributed by atoms with Crippen LogP contribution in [0, 0.1) is 0 Å². The molecule has 91 heavy (non-hydrogen) atoms. The fourth-order valence-electron chi connectivity index (χ4n) is 12.3. The third-order valence-corrected chi connectivity index (χ3v) is 21.8. The highest BCUT2D eigenvalue weighted by molar-refractivity contribution is 6.60. The number of nitrogens with zero attached hydrogens (tertiary/aromatic N) is 1. The van der Waals surface area contributed by atoms with Gasteiger partial charge in [0.2, 0.25) is 17.7 Å².